The van der Waals surface area contributed by atoms with E-state index in [1.54, 1.807) is 18.2 Å². The van der Waals surface area contributed by atoms with Crippen LogP contribution in [0.2, 0.25) is 5.02 Å². The average Bonchev–Trinajstić information content (AvgIpc) is 3.30. The molecule has 0 saturated carbocycles. The molecule has 0 aliphatic carbocycles. The largest absolute Gasteiger partial charge is 0.325 e. The van der Waals surface area contributed by atoms with Crippen molar-refractivity contribution in [3.63, 3.8) is 0 Å². The van der Waals surface area contributed by atoms with Crippen molar-refractivity contribution in [2.75, 3.05) is 18.4 Å². The Morgan fingerprint density at radius 1 is 1.18 bits per heavy atom. The summed E-state index contributed by atoms with van der Waals surface area (Å²) in [6.45, 7) is 4.54. The zero-order valence-corrected chi connectivity index (χ0v) is 20.0. The molecule has 1 fully saturated rings. The average molecular weight is 488 g/mol. The van der Waals surface area contributed by atoms with Crippen LogP contribution in [0.5, 0.6) is 0 Å². The van der Waals surface area contributed by atoms with Gasteiger partial charge in [-0.3, -0.25) is 9.89 Å². The van der Waals surface area contributed by atoms with Crippen LogP contribution < -0.4 is 5.32 Å². The van der Waals surface area contributed by atoms with Crippen LogP contribution in [0.15, 0.2) is 53.4 Å². The number of aromatic amines is 1. The van der Waals surface area contributed by atoms with Gasteiger partial charge in [0.2, 0.25) is 15.9 Å². The van der Waals surface area contributed by atoms with Crippen LogP contribution in [0.3, 0.4) is 0 Å². The summed E-state index contributed by atoms with van der Waals surface area (Å²) in [4.78, 5) is 17.8. The number of rotatable bonds is 6. The van der Waals surface area contributed by atoms with Gasteiger partial charge in [0, 0.05) is 29.6 Å². The molecule has 1 aliphatic rings. The first-order valence-electron chi connectivity index (χ1n) is 10.8. The highest BCUT2D eigenvalue weighted by Gasteiger charge is 2.33. The summed E-state index contributed by atoms with van der Waals surface area (Å²) in [6, 6.07) is 13.4. The molecular weight excluding hydrogens is 462 g/mol. The smallest absolute Gasteiger partial charge is 0.243 e. The number of piperidine rings is 1. The molecule has 2 heterocycles. The Balaban J connectivity index is 1.51. The normalized spacial score (nSPS) is 17.3. The molecule has 3 aromatic rings. The van der Waals surface area contributed by atoms with Gasteiger partial charge >= 0.3 is 0 Å². The molecule has 174 valence electrons. The third kappa shape index (κ3) is 5.10. The molecule has 1 saturated heterocycles. The number of benzene rings is 2. The molecule has 33 heavy (non-hydrogen) atoms. The summed E-state index contributed by atoms with van der Waals surface area (Å²) in [5.41, 5.74) is 1.30. The molecule has 2 aromatic carbocycles. The minimum atomic E-state index is -3.70. The van der Waals surface area contributed by atoms with Crippen molar-refractivity contribution in [2.45, 2.75) is 37.5 Å². The summed E-state index contributed by atoms with van der Waals surface area (Å²) in [6.07, 6.45) is 1.21. The molecule has 1 aliphatic heterocycles. The van der Waals surface area contributed by atoms with Crippen LogP contribution in [-0.4, -0.2) is 46.9 Å². The Morgan fingerprint density at radius 2 is 1.91 bits per heavy atom. The van der Waals surface area contributed by atoms with Gasteiger partial charge in [0.05, 0.1) is 16.5 Å². The number of nitrogens with zero attached hydrogens (tertiary/aromatic N) is 3. The van der Waals surface area contributed by atoms with Crippen molar-refractivity contribution in [1.29, 1.82) is 0 Å². The van der Waals surface area contributed by atoms with E-state index < -0.39 is 15.9 Å². The van der Waals surface area contributed by atoms with Crippen molar-refractivity contribution in [1.82, 2.24) is 19.5 Å². The van der Waals surface area contributed by atoms with E-state index in [4.69, 9.17) is 11.6 Å². The molecule has 2 N–H and O–H groups in total. The first-order chi connectivity index (χ1) is 15.8. The van der Waals surface area contributed by atoms with Crippen molar-refractivity contribution in [2.24, 2.45) is 5.92 Å². The summed E-state index contributed by atoms with van der Waals surface area (Å²) in [7, 11) is -3.70. The molecule has 1 unspecified atom stereocenters. The molecular formula is C23H26ClN5O3S. The summed E-state index contributed by atoms with van der Waals surface area (Å²) < 4.78 is 27.5. The number of anilines is 1. The van der Waals surface area contributed by atoms with Crippen molar-refractivity contribution >= 4 is 33.2 Å². The van der Waals surface area contributed by atoms with Gasteiger partial charge in [-0.05, 0) is 49.2 Å². The van der Waals surface area contributed by atoms with Gasteiger partial charge < -0.3 is 5.32 Å². The molecule has 8 nitrogen and oxygen atoms in total. The maximum atomic E-state index is 13.1. The highest BCUT2D eigenvalue weighted by molar-refractivity contribution is 7.89. The molecule has 10 heteroatoms. The lowest BCUT2D eigenvalue weighted by atomic mass is 9.98. The minimum absolute atomic E-state index is 0.122. The number of nitrogens with one attached hydrogen (secondary N) is 2. The number of halogens is 1. The zero-order valence-electron chi connectivity index (χ0n) is 18.5. The highest BCUT2D eigenvalue weighted by Crippen LogP contribution is 2.29. The van der Waals surface area contributed by atoms with Crippen LogP contribution in [0.4, 0.5) is 5.69 Å². The van der Waals surface area contributed by atoms with E-state index in [0.29, 0.717) is 41.5 Å². The van der Waals surface area contributed by atoms with Crippen LogP contribution in [0.25, 0.3) is 11.4 Å². The lowest BCUT2D eigenvalue weighted by molar-refractivity contribution is -0.120. The van der Waals surface area contributed by atoms with E-state index >= 15 is 0 Å². The Labute approximate surface area is 198 Å². The number of sulfonamides is 1. The van der Waals surface area contributed by atoms with E-state index in [1.165, 1.54) is 16.4 Å². The van der Waals surface area contributed by atoms with Crippen LogP contribution in [0, 0.1) is 5.92 Å². The summed E-state index contributed by atoms with van der Waals surface area (Å²) in [5.74, 6) is 0.779. The topological polar surface area (TPSA) is 108 Å². The van der Waals surface area contributed by atoms with Gasteiger partial charge in [-0.1, -0.05) is 37.6 Å². The monoisotopic (exact) mass is 487 g/mol. The molecule has 0 spiro atoms. The van der Waals surface area contributed by atoms with E-state index in [2.05, 4.69) is 20.5 Å². The molecule has 0 bridgehead atoms. The molecule has 1 aromatic heterocycles. The summed E-state index contributed by atoms with van der Waals surface area (Å²) in [5, 5.41) is 10.7. The number of amides is 1. The second-order valence-electron chi connectivity index (χ2n) is 8.39. The van der Waals surface area contributed by atoms with Gasteiger partial charge in [-0.25, -0.2) is 13.4 Å². The number of carbonyl (C=O) groups excluding carboxylic acids is 1. The van der Waals surface area contributed by atoms with Gasteiger partial charge in [0.25, 0.3) is 0 Å². The lowest BCUT2D eigenvalue weighted by Gasteiger charge is -2.31. The fourth-order valence-corrected chi connectivity index (χ4v) is 5.46. The first kappa shape index (κ1) is 23.4. The lowest BCUT2D eigenvalue weighted by Crippen LogP contribution is -2.43. The van der Waals surface area contributed by atoms with Gasteiger partial charge in [-0.2, -0.15) is 9.40 Å². The van der Waals surface area contributed by atoms with Gasteiger partial charge in [-0.15, -0.1) is 0 Å². The van der Waals surface area contributed by atoms with Crippen LogP contribution in [-0.2, 0) is 14.8 Å². The second-order valence-corrected chi connectivity index (χ2v) is 10.8. The number of para-hydroxylation sites is 1. The van der Waals surface area contributed by atoms with Crippen molar-refractivity contribution < 1.29 is 13.2 Å². The third-order valence-electron chi connectivity index (χ3n) is 5.68. The predicted molar refractivity (Wildman–Crippen MR) is 127 cm³/mol. The fraction of sp³-hybridized carbons (Fsp3) is 0.348. The Kier molecular flexibility index (Phi) is 6.83. The quantitative estimate of drug-likeness (QED) is 0.539. The number of aromatic nitrogens is 3. The highest BCUT2D eigenvalue weighted by atomic mass is 35.5. The maximum absolute atomic E-state index is 13.1. The fourth-order valence-electron chi connectivity index (χ4n) is 3.81. The number of carbonyl (C=O) groups is 1. The maximum Gasteiger partial charge on any atom is 0.243 e. The number of hydrogen-bond donors (Lipinski definition) is 2. The Bertz CT molecular complexity index is 1240. The van der Waals surface area contributed by atoms with Crippen molar-refractivity contribution in [3.05, 3.63) is 59.4 Å². The minimum Gasteiger partial charge on any atom is -0.325 e. The second kappa shape index (κ2) is 9.62. The van der Waals surface area contributed by atoms with Crippen LogP contribution >= 0.6 is 11.6 Å². The van der Waals surface area contributed by atoms with Crippen molar-refractivity contribution in [3.8, 4) is 11.4 Å². The molecule has 4 rings (SSSR count). The third-order valence-corrected chi connectivity index (χ3v) is 7.81. The van der Waals surface area contributed by atoms with E-state index in [-0.39, 0.29) is 23.3 Å². The van der Waals surface area contributed by atoms with Gasteiger partial charge in [0.1, 0.15) is 5.82 Å². The predicted octanol–water partition coefficient (Wildman–Crippen LogP) is 4.29. The molecule has 1 atom stereocenters. The van der Waals surface area contributed by atoms with E-state index in [9.17, 15) is 13.2 Å². The van der Waals surface area contributed by atoms with E-state index in [1.807, 2.05) is 32.0 Å². The zero-order chi connectivity index (χ0) is 23.6. The Morgan fingerprint density at radius 3 is 2.61 bits per heavy atom. The Hall–Kier alpha value is -2.75. The number of H-pyrrole nitrogens is 1. The molecule has 0 radical (unpaired) electrons. The SMILES string of the molecule is CC(C)c1nc(-c2ccccc2NC(=O)C2CCCN(S(=O)(=O)c3ccc(Cl)cc3)C2)n[nH]1. The number of hydrogen-bond acceptors (Lipinski definition) is 5. The van der Waals surface area contributed by atoms with Gasteiger partial charge in [0.15, 0.2) is 5.82 Å². The standard InChI is InChI=1S/C23H26ClN5O3S/c1-15(2)21-26-22(28-27-21)19-7-3-4-8-20(19)25-23(30)16-6-5-13-29(14-16)33(31,32)18-11-9-17(24)10-12-18/h3-4,7-12,15-16H,5-6,13-14H2,1-2H3,(H,25,30)(H,26,27,28). The molecule has 1 amide bonds. The summed E-state index contributed by atoms with van der Waals surface area (Å²) >= 11 is 5.89. The van der Waals surface area contributed by atoms with Crippen LogP contribution in [0.1, 0.15) is 38.4 Å². The first-order valence-corrected chi connectivity index (χ1v) is 12.7. The van der Waals surface area contributed by atoms with E-state index in [0.717, 1.165) is 5.82 Å².